The molecule has 2 aromatic rings. The molecular weight excluding hydrogens is 450 g/mol. The minimum atomic E-state index is -0.0736. The molecule has 2 aliphatic heterocycles. The first-order valence-corrected chi connectivity index (χ1v) is 13.5. The number of hydrogen-bond acceptors (Lipinski definition) is 6. The number of imidazole rings is 1. The topological polar surface area (TPSA) is 85.2 Å². The van der Waals surface area contributed by atoms with Gasteiger partial charge in [0.2, 0.25) is 5.78 Å². The van der Waals surface area contributed by atoms with Crippen LogP contribution in [-0.4, -0.2) is 78.0 Å². The van der Waals surface area contributed by atoms with Crippen molar-refractivity contribution in [2.45, 2.75) is 50.9 Å². The Bertz CT molecular complexity index is 1120. The van der Waals surface area contributed by atoms with Gasteiger partial charge in [-0.2, -0.15) is 5.26 Å². The lowest BCUT2D eigenvalue weighted by atomic mass is 9.83. The van der Waals surface area contributed by atoms with E-state index in [9.17, 15) is 4.79 Å². The molecule has 3 heterocycles. The molecule has 0 saturated carbocycles. The molecule has 7 nitrogen and oxygen atoms in total. The predicted molar refractivity (Wildman–Crippen MR) is 140 cm³/mol. The summed E-state index contributed by atoms with van der Waals surface area (Å²) in [5.41, 5.74) is 5.41. The number of ether oxygens (including phenoxy) is 1. The highest BCUT2D eigenvalue weighted by Crippen LogP contribution is 2.35. The van der Waals surface area contributed by atoms with E-state index < -0.39 is 0 Å². The number of ketones is 1. The van der Waals surface area contributed by atoms with Gasteiger partial charge in [-0.1, -0.05) is 24.3 Å². The number of aromatic amines is 1. The van der Waals surface area contributed by atoms with E-state index in [1.165, 1.54) is 48.6 Å². The summed E-state index contributed by atoms with van der Waals surface area (Å²) in [7, 11) is 0. The number of morpholine rings is 1. The molecular formula is C29H37N5O2. The summed E-state index contributed by atoms with van der Waals surface area (Å²) in [5, 5.41) is 9.05. The van der Waals surface area contributed by atoms with Gasteiger partial charge in [0, 0.05) is 32.6 Å². The Morgan fingerprint density at radius 1 is 1.11 bits per heavy atom. The Labute approximate surface area is 214 Å². The molecule has 1 aliphatic carbocycles. The monoisotopic (exact) mass is 487 g/mol. The number of benzene rings is 1. The second kappa shape index (κ2) is 12.0. The third-order valence-corrected chi connectivity index (χ3v) is 7.98. The highest BCUT2D eigenvalue weighted by Gasteiger charge is 2.24. The van der Waals surface area contributed by atoms with Crippen LogP contribution in [0.15, 0.2) is 30.5 Å². The Balaban J connectivity index is 1.26. The number of allylic oxidation sites excluding steroid dienone is 2. The van der Waals surface area contributed by atoms with E-state index in [2.05, 4.69) is 44.0 Å². The van der Waals surface area contributed by atoms with Gasteiger partial charge in [0.25, 0.3) is 0 Å². The molecule has 5 rings (SSSR count). The lowest BCUT2D eigenvalue weighted by Gasteiger charge is -2.35. The minimum Gasteiger partial charge on any atom is -0.379 e. The van der Waals surface area contributed by atoms with Gasteiger partial charge in [-0.3, -0.25) is 9.69 Å². The molecule has 0 unspecified atom stereocenters. The number of nitrogens with one attached hydrogen (secondary N) is 1. The number of aromatic nitrogens is 2. The first kappa shape index (κ1) is 24.9. The van der Waals surface area contributed by atoms with E-state index in [1.54, 1.807) is 0 Å². The van der Waals surface area contributed by atoms with Crippen LogP contribution in [0.5, 0.6) is 0 Å². The average molecular weight is 488 g/mol. The van der Waals surface area contributed by atoms with Crippen LogP contribution in [0.2, 0.25) is 0 Å². The number of carbonyl (C=O) groups excluding carboxylic acids is 1. The van der Waals surface area contributed by atoms with Crippen LogP contribution < -0.4 is 0 Å². The van der Waals surface area contributed by atoms with Gasteiger partial charge >= 0.3 is 0 Å². The fourth-order valence-electron chi connectivity index (χ4n) is 5.76. The van der Waals surface area contributed by atoms with Gasteiger partial charge in [0.1, 0.15) is 11.8 Å². The summed E-state index contributed by atoms with van der Waals surface area (Å²) in [5.74, 6) is 0.764. The van der Waals surface area contributed by atoms with Gasteiger partial charge < -0.3 is 14.6 Å². The first-order valence-electron chi connectivity index (χ1n) is 13.5. The van der Waals surface area contributed by atoms with Crippen molar-refractivity contribution in [1.29, 1.82) is 5.26 Å². The summed E-state index contributed by atoms with van der Waals surface area (Å²) in [6, 6.07) is 8.79. The normalized spacial score (nSPS) is 20.1. The molecule has 2 saturated heterocycles. The molecule has 1 aromatic heterocycles. The highest BCUT2D eigenvalue weighted by atomic mass is 16.5. The van der Waals surface area contributed by atoms with Gasteiger partial charge in [-0.15, -0.1) is 0 Å². The molecule has 1 aromatic carbocycles. The lowest BCUT2D eigenvalue weighted by molar-refractivity contribution is 0.0321. The number of Topliss-reactive ketones (excluding diaryl/α,β-unsaturated/α-hetero) is 1. The van der Waals surface area contributed by atoms with E-state index in [0.717, 1.165) is 70.9 Å². The number of piperidine rings is 1. The van der Waals surface area contributed by atoms with Crippen LogP contribution in [0.3, 0.4) is 0 Å². The molecule has 1 N–H and O–H groups in total. The maximum atomic E-state index is 12.9. The van der Waals surface area contributed by atoms with Gasteiger partial charge in [0.05, 0.1) is 19.4 Å². The van der Waals surface area contributed by atoms with Crippen LogP contribution in [0.1, 0.15) is 77.4 Å². The molecule has 7 heteroatoms. The number of likely N-dealkylation sites (tertiary alicyclic amines) is 1. The highest BCUT2D eigenvalue weighted by molar-refractivity contribution is 5.95. The predicted octanol–water partition coefficient (Wildman–Crippen LogP) is 4.18. The van der Waals surface area contributed by atoms with Crippen molar-refractivity contribution in [1.82, 2.24) is 19.8 Å². The maximum Gasteiger partial charge on any atom is 0.202 e. The molecule has 36 heavy (non-hydrogen) atoms. The van der Waals surface area contributed by atoms with Crippen LogP contribution in [0, 0.1) is 11.3 Å². The largest absolute Gasteiger partial charge is 0.379 e. The zero-order valence-electron chi connectivity index (χ0n) is 21.2. The van der Waals surface area contributed by atoms with E-state index >= 15 is 0 Å². The van der Waals surface area contributed by atoms with Crippen LogP contribution >= 0.6 is 0 Å². The van der Waals surface area contributed by atoms with Crippen molar-refractivity contribution in [2.24, 2.45) is 0 Å². The Morgan fingerprint density at radius 2 is 1.89 bits per heavy atom. The number of H-pyrrole nitrogens is 1. The summed E-state index contributed by atoms with van der Waals surface area (Å²) < 4.78 is 5.47. The van der Waals surface area contributed by atoms with Crippen molar-refractivity contribution in [3.05, 3.63) is 58.7 Å². The zero-order chi connectivity index (χ0) is 24.7. The quantitative estimate of drug-likeness (QED) is 0.563. The standard InChI is InChI=1S/C29H37N5O2/c30-20-26-21-31-29(32-26)28(35)19-25-7-6-24(18-27(25)23-4-2-1-3-5-23)22-8-10-33(11-9-22)12-13-34-14-16-36-17-15-34/h4,6-7,18,21-22H,1-3,5,8-17,19H2,(H,31,32). The van der Waals surface area contributed by atoms with E-state index in [-0.39, 0.29) is 11.6 Å². The molecule has 0 spiro atoms. The minimum absolute atomic E-state index is 0.0736. The molecule has 0 atom stereocenters. The van der Waals surface area contributed by atoms with Gasteiger partial charge in [0.15, 0.2) is 5.82 Å². The summed E-state index contributed by atoms with van der Waals surface area (Å²) in [6.45, 7) is 8.43. The zero-order valence-corrected chi connectivity index (χ0v) is 21.2. The number of rotatable bonds is 8. The van der Waals surface area contributed by atoms with Crippen molar-refractivity contribution in [3.63, 3.8) is 0 Å². The Kier molecular flexibility index (Phi) is 8.27. The van der Waals surface area contributed by atoms with E-state index in [0.29, 0.717) is 18.0 Å². The van der Waals surface area contributed by atoms with Gasteiger partial charge in [-0.05, 0) is 79.8 Å². The number of nitriles is 1. The van der Waals surface area contributed by atoms with Crippen molar-refractivity contribution in [3.8, 4) is 6.07 Å². The molecule has 190 valence electrons. The maximum absolute atomic E-state index is 12.9. The molecule has 0 bridgehead atoms. The van der Waals surface area contributed by atoms with E-state index in [1.807, 2.05) is 6.07 Å². The fourth-order valence-corrected chi connectivity index (χ4v) is 5.76. The molecule has 0 amide bonds. The smallest absolute Gasteiger partial charge is 0.202 e. The van der Waals surface area contributed by atoms with Crippen LogP contribution in [0.4, 0.5) is 0 Å². The summed E-state index contributed by atoms with van der Waals surface area (Å²) in [6.07, 6.45) is 11.1. The average Bonchev–Trinajstić information content (AvgIpc) is 3.43. The van der Waals surface area contributed by atoms with Crippen molar-refractivity contribution >= 4 is 11.4 Å². The molecule has 0 radical (unpaired) electrons. The summed E-state index contributed by atoms with van der Waals surface area (Å²) in [4.78, 5) is 25.0. The lowest BCUT2D eigenvalue weighted by Crippen LogP contribution is -2.43. The third kappa shape index (κ3) is 6.12. The van der Waals surface area contributed by atoms with Crippen molar-refractivity contribution in [2.75, 3.05) is 52.5 Å². The SMILES string of the molecule is N#Cc1cnc(C(=O)Cc2ccc(C3CCN(CCN4CCOCC4)CC3)cc2C2=CCCCC2)[nH]1. The third-order valence-electron chi connectivity index (χ3n) is 7.98. The number of nitrogens with zero attached hydrogens (tertiary/aromatic N) is 4. The van der Waals surface area contributed by atoms with Crippen LogP contribution in [0.25, 0.3) is 5.57 Å². The number of carbonyl (C=O) groups is 1. The Hall–Kier alpha value is -2.79. The van der Waals surface area contributed by atoms with E-state index in [4.69, 9.17) is 10.00 Å². The summed E-state index contributed by atoms with van der Waals surface area (Å²) >= 11 is 0. The van der Waals surface area contributed by atoms with Crippen LogP contribution in [-0.2, 0) is 11.2 Å². The fraction of sp³-hybridized carbons (Fsp3) is 0.552. The Morgan fingerprint density at radius 3 is 2.58 bits per heavy atom. The van der Waals surface area contributed by atoms with Gasteiger partial charge in [-0.25, -0.2) is 4.98 Å². The van der Waals surface area contributed by atoms with Crippen molar-refractivity contribution < 1.29 is 9.53 Å². The molecule has 3 aliphatic rings. The molecule has 2 fully saturated rings. The second-order valence-electron chi connectivity index (χ2n) is 10.3. The first-order chi connectivity index (χ1) is 17.7. The second-order valence-corrected chi connectivity index (χ2v) is 10.3. The number of hydrogen-bond donors (Lipinski definition) is 1.